The molecule has 0 rings (SSSR count). The molecule has 0 radical (unpaired) electrons. The fourth-order valence-corrected chi connectivity index (χ4v) is 0.856. The van der Waals surface area contributed by atoms with E-state index in [9.17, 15) is 0 Å². The monoisotopic (exact) mass is 209 g/mol. The summed E-state index contributed by atoms with van der Waals surface area (Å²) in [7, 11) is 0. The minimum absolute atomic E-state index is 0. The van der Waals surface area contributed by atoms with Crippen molar-refractivity contribution in [1.82, 2.24) is 0 Å². The molecule has 0 aliphatic rings. The van der Waals surface area contributed by atoms with Crippen LogP contribution in [0, 0.1) is 0 Å². The van der Waals surface area contributed by atoms with Crippen molar-refractivity contribution in [2.75, 3.05) is 26.2 Å². The Balaban J connectivity index is -0.000000180. The molecule has 0 bridgehead atoms. The molecule has 0 aromatic carbocycles. The number of rotatable bonds is 8. The molecule has 15 heavy (non-hydrogen) atoms. The predicted octanol–water partition coefficient (Wildman–Crippen LogP) is 3.98. The van der Waals surface area contributed by atoms with Crippen molar-refractivity contribution in [3.63, 3.8) is 0 Å². The van der Waals surface area contributed by atoms with Crippen LogP contribution in [-0.4, -0.2) is 36.3 Å². The van der Waals surface area contributed by atoms with Gasteiger partial charge in [0.15, 0.2) is 0 Å². The summed E-state index contributed by atoms with van der Waals surface area (Å²) in [5.74, 6) is 0. The Kier molecular flexibility index (Phi) is 32.4. The van der Waals surface area contributed by atoms with Crippen molar-refractivity contribution >= 4 is 10.1 Å². The van der Waals surface area contributed by atoms with E-state index in [1.165, 1.54) is 25.7 Å². The zero-order valence-corrected chi connectivity index (χ0v) is 11.3. The Hall–Kier alpha value is 0.0888. The van der Waals surface area contributed by atoms with Crippen LogP contribution in [0.4, 0.5) is 0 Å². The van der Waals surface area contributed by atoms with E-state index in [1.807, 2.05) is 0 Å². The second-order valence-corrected chi connectivity index (χ2v) is 3.34. The molecule has 0 unspecified atom stereocenters. The maximum atomic E-state index is 4.21. The maximum absolute atomic E-state index is 4.21. The molecular weight excluding hydrogens is 181 g/mol. The van der Waals surface area contributed by atoms with Crippen molar-refractivity contribution in [2.45, 2.75) is 53.4 Å². The first kappa shape index (κ1) is 20.5. The van der Waals surface area contributed by atoms with Gasteiger partial charge in [-0.1, -0.05) is 53.4 Å². The van der Waals surface area contributed by atoms with Crippen molar-refractivity contribution in [3.8, 4) is 0 Å². The van der Waals surface area contributed by atoms with Gasteiger partial charge in [-0.3, -0.25) is 0 Å². The summed E-state index contributed by atoms with van der Waals surface area (Å²) in [4.78, 5) is 0. The molecule has 0 heterocycles. The van der Waals surface area contributed by atoms with E-state index < -0.39 is 0 Å². The average Bonchev–Trinajstić information content (AvgIpc) is 2.21. The molecule has 0 aliphatic heterocycles. The molecule has 0 saturated heterocycles. The van der Waals surface area contributed by atoms with E-state index in [1.54, 1.807) is 0 Å². The molecule has 2 nitrogen and oxygen atoms in total. The molecule has 0 aromatic rings. The smallest absolute Gasteiger partial charge is 0.662 e. The molecule has 0 amide bonds. The zero-order chi connectivity index (χ0) is 11.1. The molecule has 0 saturated carbocycles. The summed E-state index contributed by atoms with van der Waals surface area (Å²) in [5.41, 5.74) is 0. The van der Waals surface area contributed by atoms with Crippen LogP contribution >= 0.6 is 0 Å². The third kappa shape index (κ3) is 31.5. The van der Waals surface area contributed by atoms with Gasteiger partial charge in [0.25, 0.3) is 0 Å². The minimum Gasteiger partial charge on any atom is -0.662 e. The zero-order valence-electron chi connectivity index (χ0n) is 11.3. The second-order valence-electron chi connectivity index (χ2n) is 3.34. The second kappa shape index (κ2) is 23.7. The minimum atomic E-state index is 0. The summed E-state index contributed by atoms with van der Waals surface area (Å²) >= 11 is 0. The number of hydrogen-bond donors (Lipinski definition) is 0. The van der Waals surface area contributed by atoms with E-state index in [2.05, 4.69) is 38.3 Å². The van der Waals surface area contributed by atoms with E-state index in [4.69, 9.17) is 0 Å². The maximum Gasteiger partial charge on any atom is 2.00 e. The Morgan fingerprint density at radius 1 is 0.533 bits per heavy atom. The van der Waals surface area contributed by atoms with Crippen LogP contribution in [0.15, 0.2) is 0 Å². The summed E-state index contributed by atoms with van der Waals surface area (Å²) in [6.07, 6.45) is 4.78. The quantitative estimate of drug-likeness (QED) is 0.427. The Morgan fingerprint density at radius 3 is 0.867 bits per heavy atom. The molecule has 0 fully saturated rings. The molecule has 0 aliphatic carbocycles. The van der Waals surface area contributed by atoms with E-state index in [-0.39, 0.29) is 10.1 Å². The van der Waals surface area contributed by atoms with Gasteiger partial charge in [-0.25, -0.2) is 0 Å². The van der Waals surface area contributed by atoms with Crippen molar-refractivity contribution < 1.29 is 0 Å². The van der Waals surface area contributed by atoms with E-state index in [0.29, 0.717) is 0 Å². The van der Waals surface area contributed by atoms with Crippen LogP contribution in [-0.2, 0) is 0 Å². The van der Waals surface area contributed by atoms with Crippen molar-refractivity contribution in [2.24, 2.45) is 0 Å². The van der Waals surface area contributed by atoms with Gasteiger partial charge >= 0.3 is 10.1 Å². The van der Waals surface area contributed by atoms with Gasteiger partial charge in [-0.15, -0.1) is 26.2 Å². The molecule has 88 valence electrons. The molecular formula is C12H28BeN2. The molecule has 0 atom stereocenters. The fraction of sp³-hybridized carbons (Fsp3) is 1.00. The largest absolute Gasteiger partial charge is 2.00 e. The fourth-order valence-electron chi connectivity index (χ4n) is 0.856. The normalized spacial score (nSPS) is 8.80. The van der Waals surface area contributed by atoms with Crippen LogP contribution in [0.3, 0.4) is 0 Å². The van der Waals surface area contributed by atoms with Gasteiger partial charge < -0.3 is 10.6 Å². The summed E-state index contributed by atoms with van der Waals surface area (Å²) in [6, 6.07) is 0. The first-order valence-electron chi connectivity index (χ1n) is 6.09. The first-order chi connectivity index (χ1) is 6.83. The summed E-state index contributed by atoms with van der Waals surface area (Å²) in [5, 5.41) is 8.42. The topological polar surface area (TPSA) is 28.2 Å². The Bertz CT molecular complexity index is 62.0. The van der Waals surface area contributed by atoms with Gasteiger partial charge in [0.05, 0.1) is 0 Å². The van der Waals surface area contributed by atoms with Crippen LogP contribution < -0.4 is 0 Å². The van der Waals surface area contributed by atoms with Gasteiger partial charge in [-0.2, -0.15) is 0 Å². The molecule has 3 heteroatoms. The number of hydrogen-bond acceptors (Lipinski definition) is 0. The van der Waals surface area contributed by atoms with Crippen LogP contribution in [0.5, 0.6) is 0 Å². The third-order valence-corrected chi connectivity index (χ3v) is 1.53. The van der Waals surface area contributed by atoms with Gasteiger partial charge in [0.2, 0.25) is 0 Å². The van der Waals surface area contributed by atoms with Crippen LogP contribution in [0.1, 0.15) is 53.4 Å². The first-order valence-corrected chi connectivity index (χ1v) is 6.09. The number of nitrogens with zero attached hydrogens (tertiary/aromatic N) is 2. The Morgan fingerprint density at radius 2 is 0.733 bits per heavy atom. The molecule has 0 N–H and O–H groups in total. The van der Waals surface area contributed by atoms with Crippen molar-refractivity contribution in [3.05, 3.63) is 10.6 Å². The van der Waals surface area contributed by atoms with Gasteiger partial charge in [0.1, 0.15) is 0 Å². The average molecular weight is 209 g/mol. The van der Waals surface area contributed by atoms with Gasteiger partial charge in [0, 0.05) is 0 Å². The van der Waals surface area contributed by atoms with Crippen LogP contribution in [0.25, 0.3) is 10.6 Å². The van der Waals surface area contributed by atoms with E-state index in [0.717, 1.165) is 26.2 Å². The van der Waals surface area contributed by atoms with Crippen molar-refractivity contribution in [1.29, 1.82) is 0 Å². The summed E-state index contributed by atoms with van der Waals surface area (Å²) < 4.78 is 0. The molecule has 0 aromatic heterocycles. The standard InChI is InChI=1S/2C6H14N.Be/c2*1-3-5-7-6-4-2;/h2*3-6H2,1-2H3;/q2*-1;+2. The third-order valence-electron chi connectivity index (χ3n) is 1.53. The predicted molar refractivity (Wildman–Crippen MR) is 73.1 cm³/mol. The van der Waals surface area contributed by atoms with E-state index >= 15 is 0 Å². The SMILES string of the molecule is CCC[N-]CCC.CCC[N-]CCC.[Be+2]. The molecule has 0 spiro atoms. The van der Waals surface area contributed by atoms with Gasteiger partial charge in [-0.05, 0) is 0 Å². The summed E-state index contributed by atoms with van der Waals surface area (Å²) in [6.45, 7) is 12.8. The van der Waals surface area contributed by atoms with Crippen LogP contribution in [0.2, 0.25) is 0 Å². The Labute approximate surface area is 101 Å².